The van der Waals surface area contributed by atoms with Crippen LogP contribution in [0.25, 0.3) is 6.08 Å². The Labute approximate surface area is 218 Å². The van der Waals surface area contributed by atoms with Crippen LogP contribution in [0.2, 0.25) is 5.02 Å². The average molecular weight is 523 g/mol. The lowest BCUT2D eigenvalue weighted by Crippen LogP contribution is -2.54. The van der Waals surface area contributed by atoms with E-state index in [2.05, 4.69) is 5.32 Å². The van der Waals surface area contributed by atoms with Gasteiger partial charge in [-0.05, 0) is 73.9 Å². The molecule has 0 radical (unpaired) electrons. The molecule has 0 aliphatic carbocycles. The molecule has 3 aromatic carbocycles. The molecule has 3 aromatic rings. The second-order valence-electron chi connectivity index (χ2n) is 8.37. The molecule has 0 aromatic heterocycles. The SMILES string of the molecule is CCOc1cc(/C=C2\C(=O)NC(=O)N(c3ccc(C)c(C)c3)C2=O)cc(Cl)c1OCc1ccccc1F. The van der Waals surface area contributed by atoms with Crippen LogP contribution in [0.4, 0.5) is 14.9 Å². The monoisotopic (exact) mass is 522 g/mol. The van der Waals surface area contributed by atoms with E-state index in [9.17, 15) is 18.8 Å². The predicted molar refractivity (Wildman–Crippen MR) is 138 cm³/mol. The van der Waals surface area contributed by atoms with Crippen LogP contribution < -0.4 is 19.7 Å². The number of rotatable bonds is 7. The van der Waals surface area contributed by atoms with E-state index >= 15 is 0 Å². The largest absolute Gasteiger partial charge is 0.490 e. The van der Waals surface area contributed by atoms with Gasteiger partial charge in [0.2, 0.25) is 0 Å². The van der Waals surface area contributed by atoms with E-state index in [0.717, 1.165) is 16.0 Å². The maximum Gasteiger partial charge on any atom is 0.335 e. The predicted octanol–water partition coefficient (Wildman–Crippen LogP) is 5.74. The molecule has 37 heavy (non-hydrogen) atoms. The number of aryl methyl sites for hydroxylation is 2. The summed E-state index contributed by atoms with van der Waals surface area (Å²) in [6, 6.07) is 13.5. The first-order chi connectivity index (χ1) is 17.7. The Morgan fingerprint density at radius 2 is 1.76 bits per heavy atom. The molecular weight excluding hydrogens is 499 g/mol. The zero-order valence-corrected chi connectivity index (χ0v) is 21.2. The summed E-state index contributed by atoms with van der Waals surface area (Å²) in [4.78, 5) is 39.3. The number of nitrogens with zero attached hydrogens (tertiary/aromatic N) is 1. The number of carbonyl (C=O) groups excluding carboxylic acids is 3. The van der Waals surface area contributed by atoms with Crippen LogP contribution in [0.15, 0.2) is 60.2 Å². The topological polar surface area (TPSA) is 84.9 Å². The van der Waals surface area contributed by atoms with Crippen molar-refractivity contribution in [1.29, 1.82) is 0 Å². The number of hydrogen-bond donors (Lipinski definition) is 1. The van der Waals surface area contributed by atoms with Gasteiger partial charge in [-0.3, -0.25) is 14.9 Å². The van der Waals surface area contributed by atoms with Crippen molar-refractivity contribution in [3.63, 3.8) is 0 Å². The number of benzene rings is 3. The lowest BCUT2D eigenvalue weighted by atomic mass is 10.0. The summed E-state index contributed by atoms with van der Waals surface area (Å²) in [7, 11) is 0. The van der Waals surface area contributed by atoms with Crippen LogP contribution in [0.3, 0.4) is 0 Å². The molecule has 0 saturated carbocycles. The fraction of sp³-hybridized carbons (Fsp3) is 0.179. The first-order valence-electron chi connectivity index (χ1n) is 11.5. The van der Waals surface area contributed by atoms with Crippen LogP contribution in [0.5, 0.6) is 11.5 Å². The van der Waals surface area contributed by atoms with E-state index in [1.54, 1.807) is 49.4 Å². The van der Waals surface area contributed by atoms with Gasteiger partial charge in [-0.15, -0.1) is 0 Å². The maximum atomic E-state index is 14.0. The minimum Gasteiger partial charge on any atom is -0.490 e. The highest BCUT2D eigenvalue weighted by Crippen LogP contribution is 2.38. The van der Waals surface area contributed by atoms with Crippen molar-refractivity contribution in [2.75, 3.05) is 11.5 Å². The van der Waals surface area contributed by atoms with Crippen molar-refractivity contribution in [3.05, 3.63) is 93.3 Å². The maximum absolute atomic E-state index is 14.0. The van der Waals surface area contributed by atoms with Gasteiger partial charge in [-0.2, -0.15) is 0 Å². The highest BCUT2D eigenvalue weighted by molar-refractivity contribution is 6.39. The van der Waals surface area contributed by atoms with E-state index in [1.165, 1.54) is 18.2 Å². The van der Waals surface area contributed by atoms with Gasteiger partial charge in [0.25, 0.3) is 11.8 Å². The molecule has 1 aliphatic heterocycles. The minimum atomic E-state index is -0.833. The van der Waals surface area contributed by atoms with Crippen molar-refractivity contribution in [1.82, 2.24) is 5.32 Å². The molecule has 0 spiro atoms. The number of hydrogen-bond acceptors (Lipinski definition) is 5. The number of nitrogens with one attached hydrogen (secondary N) is 1. The molecule has 9 heteroatoms. The van der Waals surface area contributed by atoms with Crippen LogP contribution in [-0.2, 0) is 16.2 Å². The molecule has 0 atom stereocenters. The van der Waals surface area contributed by atoms with E-state index in [1.807, 2.05) is 13.8 Å². The van der Waals surface area contributed by atoms with Crippen molar-refractivity contribution in [2.45, 2.75) is 27.4 Å². The molecule has 1 aliphatic rings. The molecule has 1 heterocycles. The van der Waals surface area contributed by atoms with Crippen LogP contribution in [0.1, 0.15) is 29.2 Å². The second kappa shape index (κ2) is 10.8. The quantitative estimate of drug-likeness (QED) is 0.316. The Hall–Kier alpha value is -4.17. The molecular formula is C28H24ClFN2O5. The van der Waals surface area contributed by atoms with Crippen LogP contribution in [-0.4, -0.2) is 24.5 Å². The Kier molecular flexibility index (Phi) is 7.59. The first-order valence-corrected chi connectivity index (χ1v) is 11.9. The highest BCUT2D eigenvalue weighted by atomic mass is 35.5. The molecule has 4 amide bonds. The normalized spacial score (nSPS) is 14.7. The second-order valence-corrected chi connectivity index (χ2v) is 8.78. The summed E-state index contributed by atoms with van der Waals surface area (Å²) in [5.74, 6) is -1.57. The Morgan fingerprint density at radius 1 is 1.00 bits per heavy atom. The van der Waals surface area contributed by atoms with Crippen molar-refractivity contribution in [3.8, 4) is 11.5 Å². The van der Waals surface area contributed by atoms with E-state index < -0.39 is 23.7 Å². The molecule has 4 rings (SSSR count). The molecule has 1 N–H and O–H groups in total. The molecule has 190 valence electrons. The third-order valence-electron chi connectivity index (χ3n) is 5.82. The van der Waals surface area contributed by atoms with Gasteiger partial charge in [0.1, 0.15) is 18.0 Å². The van der Waals surface area contributed by atoms with E-state index in [0.29, 0.717) is 16.8 Å². The summed E-state index contributed by atoms with van der Waals surface area (Å²) in [5, 5.41) is 2.35. The van der Waals surface area contributed by atoms with E-state index in [-0.39, 0.29) is 35.3 Å². The molecule has 0 bridgehead atoms. The molecule has 7 nitrogen and oxygen atoms in total. The summed E-state index contributed by atoms with van der Waals surface area (Å²) >= 11 is 6.47. The number of carbonyl (C=O) groups is 3. The number of amides is 4. The smallest absolute Gasteiger partial charge is 0.335 e. The Balaban J connectivity index is 1.67. The number of ether oxygens (including phenoxy) is 2. The highest BCUT2D eigenvalue weighted by Gasteiger charge is 2.37. The molecule has 1 fully saturated rings. The number of halogens is 2. The lowest BCUT2D eigenvalue weighted by molar-refractivity contribution is -0.122. The van der Waals surface area contributed by atoms with Crippen molar-refractivity contribution in [2.24, 2.45) is 0 Å². The number of barbiturate groups is 1. The van der Waals surface area contributed by atoms with Gasteiger partial charge in [-0.1, -0.05) is 35.9 Å². The van der Waals surface area contributed by atoms with Crippen molar-refractivity contribution >= 4 is 41.2 Å². The zero-order chi connectivity index (χ0) is 26.7. The lowest BCUT2D eigenvalue weighted by Gasteiger charge is -2.27. The third kappa shape index (κ3) is 5.49. The van der Waals surface area contributed by atoms with E-state index in [4.69, 9.17) is 21.1 Å². The van der Waals surface area contributed by atoms with Gasteiger partial charge < -0.3 is 9.47 Å². The molecule has 1 saturated heterocycles. The van der Waals surface area contributed by atoms with Crippen molar-refractivity contribution < 1.29 is 28.2 Å². The minimum absolute atomic E-state index is 0.0825. The van der Waals surface area contributed by atoms with Gasteiger partial charge >= 0.3 is 6.03 Å². The van der Waals surface area contributed by atoms with Gasteiger partial charge in [0.15, 0.2) is 11.5 Å². The number of anilines is 1. The number of urea groups is 1. The van der Waals surface area contributed by atoms with Crippen LogP contribution in [0, 0.1) is 19.7 Å². The van der Waals surface area contributed by atoms with Gasteiger partial charge in [-0.25, -0.2) is 14.1 Å². The summed E-state index contributed by atoms with van der Waals surface area (Å²) in [6.07, 6.45) is 1.33. The summed E-state index contributed by atoms with van der Waals surface area (Å²) < 4.78 is 25.5. The zero-order valence-electron chi connectivity index (χ0n) is 20.4. The fourth-order valence-electron chi connectivity index (χ4n) is 3.76. The summed E-state index contributed by atoms with van der Waals surface area (Å²) in [5.41, 5.74) is 2.69. The average Bonchev–Trinajstić information content (AvgIpc) is 2.84. The molecule has 0 unspecified atom stereocenters. The third-order valence-corrected chi connectivity index (χ3v) is 6.10. The fourth-order valence-corrected chi connectivity index (χ4v) is 4.04. The standard InChI is InChI=1S/C28H24ClFN2O5/c1-4-36-24-14-18(13-22(29)25(24)37-15-19-7-5-6-8-23(19)30)12-21-26(33)31-28(35)32(27(21)34)20-10-9-16(2)17(3)11-20/h5-14H,4,15H2,1-3H3,(H,31,33,35)/b21-12+. The van der Waals surface area contributed by atoms with Gasteiger partial charge in [0.05, 0.1) is 17.3 Å². The van der Waals surface area contributed by atoms with Crippen LogP contribution >= 0.6 is 11.6 Å². The first kappa shape index (κ1) is 25.9. The summed E-state index contributed by atoms with van der Waals surface area (Å²) in [6.45, 7) is 5.74. The van der Waals surface area contributed by atoms with Gasteiger partial charge in [0, 0.05) is 5.56 Å². The number of imide groups is 2. The Morgan fingerprint density at radius 3 is 2.46 bits per heavy atom. The Bertz CT molecular complexity index is 1440.